The van der Waals surface area contributed by atoms with Gasteiger partial charge in [-0.25, -0.2) is 4.98 Å². The third-order valence-electron chi connectivity index (χ3n) is 6.48. The summed E-state index contributed by atoms with van der Waals surface area (Å²) in [4.78, 5) is 34.5. The number of nitrogen functional groups attached to an aromatic ring is 1. The summed E-state index contributed by atoms with van der Waals surface area (Å²) in [5.41, 5.74) is 5.82. The van der Waals surface area contributed by atoms with Crippen LogP contribution in [0.1, 0.15) is 103 Å². The van der Waals surface area contributed by atoms with Crippen LogP contribution in [0.25, 0.3) is 11.2 Å². The Kier molecular flexibility index (Phi) is 14.1. The molecule has 4 N–H and O–H groups in total. The van der Waals surface area contributed by atoms with Crippen LogP contribution in [-0.4, -0.2) is 43.8 Å². The highest BCUT2D eigenvalue weighted by Gasteiger charge is 2.15. The van der Waals surface area contributed by atoms with Crippen LogP contribution in [0.4, 0.5) is 5.95 Å². The van der Waals surface area contributed by atoms with Gasteiger partial charge in [-0.2, -0.15) is 4.98 Å². The average Bonchev–Trinajstić information content (AvgIpc) is 3.24. The molecule has 0 aliphatic rings. The van der Waals surface area contributed by atoms with E-state index in [1.165, 1.54) is 77.0 Å². The molecule has 0 aliphatic heterocycles. The third-order valence-corrected chi connectivity index (χ3v) is 6.48. The van der Waals surface area contributed by atoms with Crippen molar-refractivity contribution in [2.45, 2.75) is 110 Å². The van der Waals surface area contributed by atoms with Gasteiger partial charge in [0.2, 0.25) is 5.95 Å². The number of nitrogens with one attached hydrogen (secondary N) is 1. The number of nitrogens with zero attached hydrogens (tertiary/aromatic N) is 3. The predicted molar refractivity (Wildman–Crippen MR) is 139 cm³/mol. The molecule has 35 heavy (non-hydrogen) atoms. The van der Waals surface area contributed by atoms with E-state index >= 15 is 0 Å². The number of aliphatic hydroxyl groups is 1. The van der Waals surface area contributed by atoms with Crippen LogP contribution >= 0.6 is 0 Å². The smallest absolute Gasteiger partial charge is 0.305 e. The number of esters is 1. The minimum Gasteiger partial charge on any atom is -0.466 e. The van der Waals surface area contributed by atoms with Gasteiger partial charge in [0.25, 0.3) is 5.56 Å². The van der Waals surface area contributed by atoms with Crippen molar-refractivity contribution in [3.8, 4) is 0 Å². The summed E-state index contributed by atoms with van der Waals surface area (Å²) in [5.74, 6) is -0.315. The number of H-pyrrole nitrogens is 1. The first kappa shape index (κ1) is 28.8. The van der Waals surface area contributed by atoms with Crippen LogP contribution in [0.5, 0.6) is 0 Å². The van der Waals surface area contributed by atoms with Crippen LogP contribution < -0.4 is 11.3 Å². The number of ether oxygens (including phenoxy) is 1. The van der Waals surface area contributed by atoms with Crippen LogP contribution in [0, 0.1) is 5.92 Å². The number of carbonyl (C=O) groups is 1. The molecular formula is C26H45N5O4. The number of anilines is 1. The second-order valence-electron chi connectivity index (χ2n) is 9.57. The van der Waals surface area contributed by atoms with Gasteiger partial charge in [-0.1, -0.05) is 84.0 Å². The Bertz CT molecular complexity index is 911. The number of unbranched alkanes of at least 4 members (excludes halogenated alkanes) is 12. The van der Waals surface area contributed by atoms with Gasteiger partial charge < -0.3 is 20.1 Å². The molecule has 198 valence electrons. The van der Waals surface area contributed by atoms with Gasteiger partial charge in [0.05, 0.1) is 12.9 Å². The van der Waals surface area contributed by atoms with Gasteiger partial charge in [0, 0.05) is 25.5 Å². The maximum Gasteiger partial charge on any atom is 0.305 e. The minimum atomic E-state index is -0.395. The molecule has 0 bridgehead atoms. The Morgan fingerprint density at radius 3 is 2.26 bits per heavy atom. The topological polar surface area (TPSA) is 136 Å². The molecule has 0 saturated heterocycles. The number of carbonyl (C=O) groups excluding carboxylic acids is 1. The normalized spacial score (nSPS) is 12.3. The second kappa shape index (κ2) is 17.1. The number of fused-ring (bicyclic) bond motifs is 1. The third kappa shape index (κ3) is 11.2. The van der Waals surface area contributed by atoms with E-state index in [1.807, 2.05) is 0 Å². The van der Waals surface area contributed by atoms with E-state index in [4.69, 9.17) is 10.5 Å². The molecule has 2 aromatic rings. The van der Waals surface area contributed by atoms with Crippen LogP contribution in [0.2, 0.25) is 0 Å². The molecular weight excluding hydrogens is 446 g/mol. The van der Waals surface area contributed by atoms with E-state index < -0.39 is 5.56 Å². The molecule has 0 unspecified atom stereocenters. The largest absolute Gasteiger partial charge is 0.466 e. The van der Waals surface area contributed by atoms with Crippen molar-refractivity contribution < 1.29 is 14.6 Å². The molecule has 2 rings (SSSR count). The fraction of sp³-hybridized carbons (Fsp3) is 0.769. The number of aromatic nitrogens is 4. The number of imidazole rings is 1. The van der Waals surface area contributed by atoms with Gasteiger partial charge in [-0.05, 0) is 12.8 Å². The van der Waals surface area contributed by atoms with Gasteiger partial charge in [-0.3, -0.25) is 14.6 Å². The van der Waals surface area contributed by atoms with Crippen molar-refractivity contribution in [1.29, 1.82) is 0 Å². The highest BCUT2D eigenvalue weighted by Crippen LogP contribution is 2.14. The van der Waals surface area contributed by atoms with E-state index in [0.717, 1.165) is 12.8 Å². The number of nitrogens with two attached hydrogens (primary N) is 1. The zero-order valence-electron chi connectivity index (χ0n) is 21.5. The van der Waals surface area contributed by atoms with E-state index in [9.17, 15) is 14.7 Å². The predicted octanol–water partition coefficient (Wildman–Crippen LogP) is 4.72. The number of aliphatic hydroxyl groups excluding tert-OH is 1. The summed E-state index contributed by atoms with van der Waals surface area (Å²) in [6.45, 7) is 2.84. The zero-order valence-corrected chi connectivity index (χ0v) is 21.5. The van der Waals surface area contributed by atoms with Crippen molar-refractivity contribution >= 4 is 23.1 Å². The minimum absolute atomic E-state index is 0.0203. The first-order chi connectivity index (χ1) is 17.0. The molecule has 0 saturated carbocycles. The maximum atomic E-state index is 12.0. The Morgan fingerprint density at radius 2 is 1.66 bits per heavy atom. The average molecular weight is 492 g/mol. The van der Waals surface area contributed by atoms with E-state index in [0.29, 0.717) is 25.0 Å². The summed E-state index contributed by atoms with van der Waals surface area (Å²) in [5, 5.41) is 9.72. The molecule has 1 atom stereocenters. The fourth-order valence-electron chi connectivity index (χ4n) is 4.32. The Labute approximate surface area is 208 Å². The first-order valence-electron chi connectivity index (χ1n) is 13.5. The highest BCUT2D eigenvalue weighted by atomic mass is 16.5. The molecule has 9 nitrogen and oxygen atoms in total. The maximum absolute atomic E-state index is 12.0. The fourth-order valence-corrected chi connectivity index (χ4v) is 4.32. The SMILES string of the molecule is CCCCCCCCCCCCCCCC(=O)OCC[C@@H](CO)Cn1cnc2c(=O)[nH]c(N)nc21. The van der Waals surface area contributed by atoms with Crippen molar-refractivity contribution in [2.24, 2.45) is 5.92 Å². The molecule has 0 aromatic carbocycles. The zero-order chi connectivity index (χ0) is 25.3. The lowest BCUT2D eigenvalue weighted by molar-refractivity contribution is -0.144. The number of rotatable bonds is 20. The van der Waals surface area contributed by atoms with E-state index in [2.05, 4.69) is 21.9 Å². The lowest BCUT2D eigenvalue weighted by Gasteiger charge is -2.15. The quantitative estimate of drug-likeness (QED) is 0.180. The first-order valence-corrected chi connectivity index (χ1v) is 13.5. The van der Waals surface area contributed by atoms with Crippen molar-refractivity contribution in [3.05, 3.63) is 16.7 Å². The summed E-state index contributed by atoms with van der Waals surface area (Å²) in [6, 6.07) is 0. The molecule has 2 aromatic heterocycles. The number of aromatic amines is 1. The number of hydrogen-bond acceptors (Lipinski definition) is 7. The summed E-state index contributed by atoms with van der Waals surface area (Å²) < 4.78 is 7.05. The van der Waals surface area contributed by atoms with Crippen LogP contribution in [-0.2, 0) is 16.1 Å². The lowest BCUT2D eigenvalue weighted by atomic mass is 10.0. The van der Waals surface area contributed by atoms with Crippen molar-refractivity contribution in [2.75, 3.05) is 18.9 Å². The van der Waals surface area contributed by atoms with E-state index in [-0.39, 0.29) is 36.6 Å². The van der Waals surface area contributed by atoms with Crippen LogP contribution in [0.3, 0.4) is 0 Å². The van der Waals surface area contributed by atoms with Crippen LogP contribution in [0.15, 0.2) is 11.1 Å². The van der Waals surface area contributed by atoms with Gasteiger partial charge >= 0.3 is 5.97 Å². The van der Waals surface area contributed by atoms with E-state index in [1.54, 1.807) is 4.57 Å². The second-order valence-corrected chi connectivity index (χ2v) is 9.57. The molecule has 9 heteroatoms. The van der Waals surface area contributed by atoms with Gasteiger partial charge in [0.1, 0.15) is 0 Å². The van der Waals surface area contributed by atoms with Crippen molar-refractivity contribution in [1.82, 2.24) is 19.5 Å². The van der Waals surface area contributed by atoms with Gasteiger partial charge in [0.15, 0.2) is 11.2 Å². The Hall–Kier alpha value is -2.42. The van der Waals surface area contributed by atoms with Gasteiger partial charge in [-0.15, -0.1) is 0 Å². The molecule has 0 spiro atoms. The molecule has 2 heterocycles. The lowest BCUT2D eigenvalue weighted by Crippen LogP contribution is -2.19. The summed E-state index contributed by atoms with van der Waals surface area (Å²) >= 11 is 0. The Balaban J connectivity index is 1.50. The molecule has 0 fully saturated rings. The Morgan fingerprint density at radius 1 is 1.06 bits per heavy atom. The molecule has 0 aliphatic carbocycles. The molecule has 0 radical (unpaired) electrons. The van der Waals surface area contributed by atoms with Crippen molar-refractivity contribution in [3.63, 3.8) is 0 Å². The number of hydrogen-bond donors (Lipinski definition) is 3. The highest BCUT2D eigenvalue weighted by molar-refractivity contribution is 5.70. The molecule has 0 amide bonds. The summed E-state index contributed by atoms with van der Waals surface area (Å²) in [7, 11) is 0. The standard InChI is InChI=1S/C26H45N5O4/c1-2-3-4-5-6-7-8-9-10-11-12-13-14-15-22(33)35-17-16-21(19-32)18-31-20-28-23-24(31)29-26(27)30-25(23)34/h20-21,32H,2-19H2,1H3,(H3,27,29,30,34)/t21-/m1/s1. The summed E-state index contributed by atoms with van der Waals surface area (Å²) in [6.07, 6.45) is 19.0. The monoisotopic (exact) mass is 491 g/mol.